The summed E-state index contributed by atoms with van der Waals surface area (Å²) in [7, 11) is 4.12. The molecule has 0 radical (unpaired) electrons. The third-order valence-corrected chi connectivity index (χ3v) is 4.93. The van der Waals surface area contributed by atoms with Crippen LogP contribution in [0.25, 0.3) is 0 Å². The van der Waals surface area contributed by atoms with E-state index in [1.807, 2.05) is 0 Å². The molecule has 5 heteroatoms. The van der Waals surface area contributed by atoms with E-state index < -0.39 is 0 Å². The van der Waals surface area contributed by atoms with Gasteiger partial charge in [-0.2, -0.15) is 0 Å². The Kier molecular flexibility index (Phi) is 5.57. The molecule has 2 rings (SSSR count). The lowest BCUT2D eigenvalue weighted by molar-refractivity contribution is -0.126. The monoisotopic (exact) mass is 295 g/mol. The summed E-state index contributed by atoms with van der Waals surface area (Å²) in [5.41, 5.74) is 0. The van der Waals surface area contributed by atoms with Crippen LogP contribution in [0.1, 0.15) is 30.7 Å². The minimum Gasteiger partial charge on any atom is -0.354 e. The molecular weight excluding hydrogens is 270 g/mol. The highest BCUT2D eigenvalue weighted by molar-refractivity contribution is 7.10. The zero-order valence-corrected chi connectivity index (χ0v) is 13.4. The number of hydrogen-bond acceptors (Lipinski definition) is 4. The summed E-state index contributed by atoms with van der Waals surface area (Å²) in [6.07, 6.45) is 1.89. The Bertz CT molecular complexity index is 419. The second kappa shape index (κ2) is 7.20. The molecule has 1 saturated heterocycles. The first-order valence-corrected chi connectivity index (χ1v) is 8.17. The summed E-state index contributed by atoms with van der Waals surface area (Å²) < 4.78 is 0. The molecule has 2 heterocycles. The Hall–Kier alpha value is -0.910. The number of rotatable bonds is 5. The number of carbonyl (C=O) groups is 1. The molecule has 4 nitrogen and oxygen atoms in total. The van der Waals surface area contributed by atoms with Crippen LogP contribution in [0.2, 0.25) is 0 Å². The lowest BCUT2D eigenvalue weighted by atomic mass is 9.92. The molecule has 0 saturated carbocycles. The topological polar surface area (TPSA) is 44.4 Å². The summed E-state index contributed by atoms with van der Waals surface area (Å²) in [5, 5.41) is 8.61. The van der Waals surface area contributed by atoms with Gasteiger partial charge < -0.3 is 15.5 Å². The largest absolute Gasteiger partial charge is 0.354 e. The number of amides is 1. The summed E-state index contributed by atoms with van der Waals surface area (Å²) in [4.78, 5) is 15.8. The molecule has 0 bridgehead atoms. The van der Waals surface area contributed by atoms with E-state index in [0.29, 0.717) is 12.6 Å². The van der Waals surface area contributed by atoms with Crippen molar-refractivity contribution in [1.82, 2.24) is 15.5 Å². The van der Waals surface area contributed by atoms with Gasteiger partial charge in [0.2, 0.25) is 5.91 Å². The molecule has 3 atom stereocenters. The number of nitrogens with zero attached hydrogens (tertiary/aromatic N) is 1. The maximum absolute atomic E-state index is 12.3. The van der Waals surface area contributed by atoms with Gasteiger partial charge in [0, 0.05) is 23.4 Å². The van der Waals surface area contributed by atoms with E-state index in [9.17, 15) is 4.79 Å². The van der Waals surface area contributed by atoms with E-state index in [-0.39, 0.29) is 17.9 Å². The Morgan fingerprint density at radius 3 is 3.00 bits per heavy atom. The van der Waals surface area contributed by atoms with Crippen LogP contribution in [-0.4, -0.2) is 44.0 Å². The van der Waals surface area contributed by atoms with Gasteiger partial charge in [0.25, 0.3) is 0 Å². The fourth-order valence-electron chi connectivity index (χ4n) is 2.73. The van der Waals surface area contributed by atoms with Gasteiger partial charge in [-0.15, -0.1) is 11.3 Å². The van der Waals surface area contributed by atoms with Crippen molar-refractivity contribution >= 4 is 17.2 Å². The van der Waals surface area contributed by atoms with Crippen LogP contribution < -0.4 is 10.6 Å². The van der Waals surface area contributed by atoms with Crippen LogP contribution in [-0.2, 0) is 4.79 Å². The Balaban J connectivity index is 1.87. The molecule has 1 amide bonds. The van der Waals surface area contributed by atoms with E-state index in [2.05, 4.69) is 54.1 Å². The molecular formula is C15H25N3OS. The van der Waals surface area contributed by atoms with E-state index in [0.717, 1.165) is 19.4 Å². The van der Waals surface area contributed by atoms with Gasteiger partial charge >= 0.3 is 0 Å². The lowest BCUT2D eigenvalue weighted by Crippen LogP contribution is -2.44. The molecule has 0 aromatic carbocycles. The van der Waals surface area contributed by atoms with Gasteiger partial charge in [0.15, 0.2) is 0 Å². The van der Waals surface area contributed by atoms with Crippen LogP contribution >= 0.6 is 11.3 Å². The fourth-order valence-corrected chi connectivity index (χ4v) is 3.65. The number of likely N-dealkylation sites (N-methyl/N-ethyl adjacent to an activating group) is 1. The zero-order valence-electron chi connectivity index (χ0n) is 12.6. The SMILES string of the molecule is CC1CC(C(=O)NCC(c2cccs2)N(C)C)CCN1. The molecule has 1 aromatic rings. The Labute approximate surface area is 125 Å². The quantitative estimate of drug-likeness (QED) is 0.871. The first kappa shape index (κ1) is 15.5. The number of piperidine rings is 1. The number of hydrogen-bond donors (Lipinski definition) is 2. The molecule has 112 valence electrons. The van der Waals surface area contributed by atoms with Gasteiger partial charge in [0.05, 0.1) is 6.04 Å². The van der Waals surface area contributed by atoms with Crippen molar-refractivity contribution in [1.29, 1.82) is 0 Å². The molecule has 1 aliphatic rings. The van der Waals surface area contributed by atoms with Crippen LogP contribution in [0.4, 0.5) is 0 Å². The summed E-state index contributed by atoms with van der Waals surface area (Å²) >= 11 is 1.74. The highest BCUT2D eigenvalue weighted by Crippen LogP contribution is 2.23. The minimum atomic E-state index is 0.164. The molecule has 0 aliphatic carbocycles. The van der Waals surface area contributed by atoms with Crippen LogP contribution in [0, 0.1) is 5.92 Å². The van der Waals surface area contributed by atoms with E-state index in [1.54, 1.807) is 11.3 Å². The molecule has 1 fully saturated rings. The van der Waals surface area contributed by atoms with Gasteiger partial charge in [0.1, 0.15) is 0 Å². The minimum absolute atomic E-state index is 0.164. The maximum atomic E-state index is 12.3. The van der Waals surface area contributed by atoms with Gasteiger partial charge in [-0.1, -0.05) is 6.07 Å². The molecule has 1 aromatic heterocycles. The molecule has 3 unspecified atom stereocenters. The van der Waals surface area contributed by atoms with Crippen molar-refractivity contribution < 1.29 is 4.79 Å². The van der Waals surface area contributed by atoms with Crippen molar-refractivity contribution in [3.8, 4) is 0 Å². The average molecular weight is 295 g/mol. The predicted molar refractivity (Wildman–Crippen MR) is 83.9 cm³/mol. The second-order valence-electron chi connectivity index (χ2n) is 5.82. The van der Waals surface area contributed by atoms with Crippen molar-refractivity contribution in [2.45, 2.75) is 31.8 Å². The van der Waals surface area contributed by atoms with Crippen LogP contribution in [0.3, 0.4) is 0 Å². The normalized spacial score (nSPS) is 24.6. The summed E-state index contributed by atoms with van der Waals surface area (Å²) in [5.74, 6) is 0.374. The molecule has 2 N–H and O–H groups in total. The fraction of sp³-hybridized carbons (Fsp3) is 0.667. The number of thiophene rings is 1. The number of nitrogens with one attached hydrogen (secondary N) is 2. The van der Waals surface area contributed by atoms with Crippen molar-refractivity contribution in [2.24, 2.45) is 5.92 Å². The van der Waals surface area contributed by atoms with Crippen LogP contribution in [0.15, 0.2) is 17.5 Å². The first-order chi connectivity index (χ1) is 9.58. The predicted octanol–water partition coefficient (Wildman–Crippen LogP) is 1.86. The average Bonchev–Trinajstić information content (AvgIpc) is 2.92. The lowest BCUT2D eigenvalue weighted by Gasteiger charge is -2.29. The van der Waals surface area contributed by atoms with Crippen molar-refractivity contribution in [2.75, 3.05) is 27.2 Å². The third-order valence-electron chi connectivity index (χ3n) is 3.96. The highest BCUT2D eigenvalue weighted by Gasteiger charge is 2.25. The Morgan fingerprint density at radius 2 is 2.40 bits per heavy atom. The van der Waals surface area contributed by atoms with Crippen molar-refractivity contribution in [3.05, 3.63) is 22.4 Å². The van der Waals surface area contributed by atoms with Gasteiger partial charge in [-0.3, -0.25) is 4.79 Å². The standard InChI is InChI=1S/C15H25N3OS/c1-11-9-12(6-7-16-11)15(19)17-10-13(18(2)3)14-5-4-8-20-14/h4-5,8,11-13,16H,6-7,9-10H2,1-3H3,(H,17,19). The van der Waals surface area contributed by atoms with E-state index in [4.69, 9.17) is 0 Å². The van der Waals surface area contributed by atoms with Gasteiger partial charge in [-0.25, -0.2) is 0 Å². The third kappa shape index (κ3) is 4.04. The van der Waals surface area contributed by atoms with Gasteiger partial charge in [-0.05, 0) is 51.9 Å². The van der Waals surface area contributed by atoms with E-state index >= 15 is 0 Å². The molecule has 0 spiro atoms. The summed E-state index contributed by atoms with van der Waals surface area (Å²) in [6.45, 7) is 3.78. The Morgan fingerprint density at radius 1 is 1.60 bits per heavy atom. The van der Waals surface area contributed by atoms with Crippen molar-refractivity contribution in [3.63, 3.8) is 0 Å². The second-order valence-corrected chi connectivity index (χ2v) is 6.80. The molecule has 20 heavy (non-hydrogen) atoms. The first-order valence-electron chi connectivity index (χ1n) is 7.29. The van der Waals surface area contributed by atoms with Crippen LogP contribution in [0.5, 0.6) is 0 Å². The number of carbonyl (C=O) groups excluding carboxylic acids is 1. The smallest absolute Gasteiger partial charge is 0.223 e. The zero-order chi connectivity index (χ0) is 14.5. The highest BCUT2D eigenvalue weighted by atomic mass is 32.1. The molecule has 1 aliphatic heterocycles. The summed E-state index contributed by atoms with van der Waals surface area (Å²) in [6, 6.07) is 4.90. The van der Waals surface area contributed by atoms with E-state index in [1.165, 1.54) is 4.88 Å². The maximum Gasteiger partial charge on any atom is 0.223 e.